The number of rotatable bonds is 4. The fourth-order valence-electron chi connectivity index (χ4n) is 1.79. The summed E-state index contributed by atoms with van der Waals surface area (Å²) in [6.07, 6.45) is 0.0224. The van der Waals surface area contributed by atoms with Crippen molar-refractivity contribution in [3.8, 4) is 5.75 Å². The molecule has 0 fully saturated rings. The number of hydrogen-bond donors (Lipinski definition) is 0. The van der Waals surface area contributed by atoms with Crippen molar-refractivity contribution in [2.45, 2.75) is 19.9 Å². The Hall–Kier alpha value is -1.62. The van der Waals surface area contributed by atoms with Gasteiger partial charge < -0.3 is 14.6 Å². The quantitative estimate of drug-likeness (QED) is 0.750. The molecule has 0 radical (unpaired) electrons. The van der Waals surface area contributed by atoms with Gasteiger partial charge in [-0.1, -0.05) is 11.3 Å². The molecule has 0 spiro atoms. The number of methoxy groups -OCH3 is 1. The van der Waals surface area contributed by atoms with E-state index < -0.39 is 5.97 Å². The van der Waals surface area contributed by atoms with Crippen LogP contribution in [0.15, 0.2) is 18.2 Å². The smallest absolute Gasteiger partial charge is 0.235 e. The summed E-state index contributed by atoms with van der Waals surface area (Å²) in [5, 5.41) is 11.6. The fraction of sp³-hybridized carbons (Fsp3) is 0.333. The van der Waals surface area contributed by atoms with Crippen LogP contribution < -0.4 is 14.4 Å². The molecule has 0 amide bonds. The number of fused-ring (bicyclic) bond motifs is 1. The lowest BCUT2D eigenvalue weighted by Crippen LogP contribution is -2.38. The van der Waals surface area contributed by atoms with Crippen molar-refractivity contribution in [3.63, 3.8) is 0 Å². The second-order valence-corrected chi connectivity index (χ2v) is 4.96. The van der Waals surface area contributed by atoms with Gasteiger partial charge in [-0.15, -0.1) is 0 Å². The Bertz CT molecular complexity index is 562. The highest BCUT2D eigenvalue weighted by Gasteiger charge is 2.17. The van der Waals surface area contributed by atoms with Gasteiger partial charge in [0, 0.05) is 19.3 Å². The van der Waals surface area contributed by atoms with Crippen LogP contribution in [0.2, 0.25) is 0 Å². The number of ether oxygens (including phenoxy) is 1. The number of carbonyl (C=O) groups is 1. The molecule has 0 aliphatic rings. The highest BCUT2D eigenvalue weighted by molar-refractivity contribution is 7.18. The van der Waals surface area contributed by atoms with E-state index in [0.717, 1.165) is 21.0 Å². The van der Waals surface area contributed by atoms with Crippen molar-refractivity contribution in [2.75, 3.05) is 7.11 Å². The molecule has 0 bridgehead atoms. The van der Waals surface area contributed by atoms with E-state index in [0.29, 0.717) is 6.54 Å². The Balaban J connectivity index is 2.44. The maximum Gasteiger partial charge on any atom is 0.235 e. The third-order valence-electron chi connectivity index (χ3n) is 2.63. The summed E-state index contributed by atoms with van der Waals surface area (Å²) in [4.78, 5) is 10.5. The van der Waals surface area contributed by atoms with Crippen LogP contribution in [-0.4, -0.2) is 13.1 Å². The molecule has 2 rings (SSSR count). The standard InChI is InChI=1S/C12H13NO3S/c1-8-13(6-5-12(14)15)10-7-9(16-2)3-4-11(10)17-8/h3-4,7H,5-6H2,1-2H3. The van der Waals surface area contributed by atoms with E-state index in [4.69, 9.17) is 4.74 Å². The van der Waals surface area contributed by atoms with Gasteiger partial charge in [-0.2, -0.15) is 4.57 Å². The zero-order valence-corrected chi connectivity index (χ0v) is 10.5. The summed E-state index contributed by atoms with van der Waals surface area (Å²) in [5.74, 6) is -0.253. The largest absolute Gasteiger partial charge is 0.550 e. The number of nitrogens with zero attached hydrogens (tertiary/aromatic N) is 1. The van der Waals surface area contributed by atoms with Gasteiger partial charge in [0.05, 0.1) is 13.2 Å². The van der Waals surface area contributed by atoms with Crippen LogP contribution in [0.3, 0.4) is 0 Å². The van der Waals surface area contributed by atoms with E-state index in [9.17, 15) is 9.90 Å². The SMILES string of the molecule is COc1ccc2sc(C)[n+](CCC(=O)[O-])c2c1. The lowest BCUT2D eigenvalue weighted by Gasteiger charge is -2.00. The third-order valence-corrected chi connectivity index (χ3v) is 3.72. The molecule has 0 aliphatic carbocycles. The zero-order chi connectivity index (χ0) is 12.4. The lowest BCUT2D eigenvalue weighted by atomic mass is 10.3. The monoisotopic (exact) mass is 251 g/mol. The maximum absolute atomic E-state index is 10.5. The topological polar surface area (TPSA) is 53.2 Å². The van der Waals surface area contributed by atoms with Crippen LogP contribution in [-0.2, 0) is 11.3 Å². The molecule has 0 saturated heterocycles. The van der Waals surface area contributed by atoms with E-state index in [1.807, 2.05) is 29.7 Å². The molecule has 4 nitrogen and oxygen atoms in total. The van der Waals surface area contributed by atoms with Gasteiger partial charge in [0.1, 0.15) is 10.4 Å². The van der Waals surface area contributed by atoms with E-state index in [-0.39, 0.29) is 6.42 Å². The Morgan fingerprint density at radius 1 is 1.53 bits per heavy atom. The van der Waals surface area contributed by atoms with Crippen LogP contribution in [0.4, 0.5) is 0 Å². The minimum atomic E-state index is -1.03. The number of carboxylic acids is 1. The normalized spacial score (nSPS) is 10.7. The number of carbonyl (C=O) groups excluding carboxylic acids is 1. The Morgan fingerprint density at radius 2 is 2.29 bits per heavy atom. The maximum atomic E-state index is 10.5. The number of carboxylic acid groups (broad SMARTS) is 1. The predicted molar refractivity (Wildman–Crippen MR) is 62.9 cm³/mol. The molecule has 0 N–H and O–H groups in total. The van der Waals surface area contributed by atoms with Crippen LogP contribution >= 0.6 is 11.3 Å². The summed E-state index contributed by atoms with van der Waals surface area (Å²) in [6.45, 7) is 2.41. The van der Waals surface area contributed by atoms with Crippen LogP contribution in [0.5, 0.6) is 5.75 Å². The minimum absolute atomic E-state index is 0.0224. The Labute approximate surface area is 103 Å². The van der Waals surface area contributed by atoms with E-state index in [1.54, 1.807) is 18.4 Å². The van der Waals surface area contributed by atoms with Gasteiger partial charge in [-0.3, -0.25) is 0 Å². The van der Waals surface area contributed by atoms with Gasteiger partial charge in [0.2, 0.25) is 10.5 Å². The Kier molecular flexibility index (Phi) is 3.28. The highest BCUT2D eigenvalue weighted by Crippen LogP contribution is 2.24. The number of benzene rings is 1. The first-order chi connectivity index (χ1) is 8.11. The Morgan fingerprint density at radius 3 is 2.94 bits per heavy atom. The molecule has 0 atom stereocenters. The van der Waals surface area contributed by atoms with E-state index >= 15 is 0 Å². The van der Waals surface area contributed by atoms with Gasteiger partial charge in [0.15, 0.2) is 6.54 Å². The van der Waals surface area contributed by atoms with Crippen molar-refractivity contribution in [1.29, 1.82) is 0 Å². The summed E-state index contributed by atoms with van der Waals surface area (Å²) in [6, 6.07) is 5.82. The fourth-order valence-corrected chi connectivity index (χ4v) is 2.81. The van der Waals surface area contributed by atoms with Crippen LogP contribution in [0, 0.1) is 6.92 Å². The minimum Gasteiger partial charge on any atom is -0.550 e. The molecular weight excluding hydrogens is 238 g/mol. The highest BCUT2D eigenvalue weighted by atomic mass is 32.1. The molecule has 90 valence electrons. The number of aliphatic carboxylic acids is 1. The molecule has 1 heterocycles. The molecule has 1 aromatic heterocycles. The average molecular weight is 251 g/mol. The van der Waals surface area contributed by atoms with Crippen molar-refractivity contribution in [1.82, 2.24) is 0 Å². The second kappa shape index (κ2) is 4.71. The molecule has 1 aromatic carbocycles. The summed E-state index contributed by atoms with van der Waals surface area (Å²) in [7, 11) is 1.62. The molecule has 17 heavy (non-hydrogen) atoms. The van der Waals surface area contributed by atoms with Crippen molar-refractivity contribution < 1.29 is 19.2 Å². The number of hydrogen-bond acceptors (Lipinski definition) is 4. The van der Waals surface area contributed by atoms with Gasteiger partial charge in [-0.05, 0) is 12.1 Å². The van der Waals surface area contributed by atoms with Crippen molar-refractivity contribution in [3.05, 3.63) is 23.2 Å². The molecule has 0 aliphatic heterocycles. The molecule has 5 heteroatoms. The van der Waals surface area contributed by atoms with Gasteiger partial charge >= 0.3 is 0 Å². The molecule has 0 saturated carbocycles. The zero-order valence-electron chi connectivity index (χ0n) is 9.73. The summed E-state index contributed by atoms with van der Waals surface area (Å²) < 4.78 is 8.29. The predicted octanol–water partition coefficient (Wildman–Crippen LogP) is 0.646. The average Bonchev–Trinajstić information content (AvgIpc) is 2.61. The molecule has 0 unspecified atom stereocenters. The van der Waals surface area contributed by atoms with Gasteiger partial charge in [-0.25, -0.2) is 0 Å². The van der Waals surface area contributed by atoms with Crippen molar-refractivity contribution >= 4 is 27.5 Å². The summed E-state index contributed by atoms with van der Waals surface area (Å²) in [5.41, 5.74) is 1.01. The first-order valence-electron chi connectivity index (χ1n) is 5.28. The third kappa shape index (κ3) is 2.39. The summed E-state index contributed by atoms with van der Waals surface area (Å²) >= 11 is 1.64. The van der Waals surface area contributed by atoms with E-state index in [2.05, 4.69) is 0 Å². The second-order valence-electron chi connectivity index (χ2n) is 3.73. The number of thiazole rings is 1. The van der Waals surface area contributed by atoms with Crippen LogP contribution in [0.25, 0.3) is 10.2 Å². The van der Waals surface area contributed by atoms with Gasteiger partial charge in [0.25, 0.3) is 0 Å². The van der Waals surface area contributed by atoms with E-state index in [1.165, 1.54) is 0 Å². The van der Waals surface area contributed by atoms with Crippen LogP contribution in [0.1, 0.15) is 11.4 Å². The lowest BCUT2D eigenvalue weighted by molar-refractivity contribution is -0.672. The van der Waals surface area contributed by atoms with Crippen molar-refractivity contribution in [2.24, 2.45) is 0 Å². The number of aryl methyl sites for hydroxylation is 2. The first-order valence-corrected chi connectivity index (χ1v) is 6.10. The first kappa shape index (κ1) is 11.9. The molecular formula is C12H13NO3S. The molecule has 2 aromatic rings. The number of aromatic nitrogens is 1.